The Balaban J connectivity index is 1.27. The lowest BCUT2D eigenvalue weighted by atomic mass is 10.1. The smallest absolute Gasteiger partial charge is 0.220 e. The number of hydrogen-bond acceptors (Lipinski definition) is 3. The van der Waals surface area contributed by atoms with Crippen LogP contribution in [0, 0.1) is 0 Å². The van der Waals surface area contributed by atoms with Gasteiger partial charge in [-0.2, -0.15) is 0 Å². The first-order chi connectivity index (χ1) is 12.8. The highest BCUT2D eigenvalue weighted by Crippen LogP contribution is 2.08. The zero-order chi connectivity index (χ0) is 18.0. The lowest BCUT2D eigenvalue weighted by molar-refractivity contribution is -0.121. The Labute approximate surface area is 156 Å². The Morgan fingerprint density at radius 2 is 1.38 bits per heavy atom. The predicted molar refractivity (Wildman–Crippen MR) is 106 cm³/mol. The molecule has 4 heteroatoms. The predicted octanol–water partition coefficient (Wildman–Crippen LogP) is 2.55. The average molecular weight is 351 g/mol. The van der Waals surface area contributed by atoms with Crippen LogP contribution in [0.25, 0.3) is 0 Å². The van der Waals surface area contributed by atoms with Crippen LogP contribution in [0.15, 0.2) is 60.7 Å². The van der Waals surface area contributed by atoms with Gasteiger partial charge in [-0.25, -0.2) is 0 Å². The molecule has 0 unspecified atom stereocenters. The molecule has 1 saturated heterocycles. The van der Waals surface area contributed by atoms with Gasteiger partial charge in [-0.15, -0.1) is 0 Å². The van der Waals surface area contributed by atoms with Gasteiger partial charge in [-0.3, -0.25) is 14.6 Å². The molecule has 1 N–H and O–H groups in total. The maximum absolute atomic E-state index is 12.0. The fourth-order valence-corrected chi connectivity index (χ4v) is 3.36. The monoisotopic (exact) mass is 351 g/mol. The van der Waals surface area contributed by atoms with Crippen molar-refractivity contribution in [3.63, 3.8) is 0 Å². The first-order valence-corrected chi connectivity index (χ1v) is 9.59. The molecule has 4 nitrogen and oxygen atoms in total. The normalized spacial score (nSPS) is 15.7. The van der Waals surface area contributed by atoms with Crippen LogP contribution in [0.5, 0.6) is 0 Å². The summed E-state index contributed by atoms with van der Waals surface area (Å²) in [6.45, 7) is 7.06. The Bertz CT molecular complexity index is 652. The molecule has 0 spiro atoms. The molecular weight excluding hydrogens is 322 g/mol. The van der Waals surface area contributed by atoms with E-state index in [2.05, 4.69) is 57.6 Å². The van der Waals surface area contributed by atoms with E-state index in [0.717, 1.165) is 52.2 Å². The summed E-state index contributed by atoms with van der Waals surface area (Å²) in [5.41, 5.74) is 2.60. The average Bonchev–Trinajstić information content (AvgIpc) is 2.69. The number of carbonyl (C=O) groups is 1. The van der Waals surface area contributed by atoms with Crippen LogP contribution in [0.3, 0.4) is 0 Å². The van der Waals surface area contributed by atoms with Crippen LogP contribution in [-0.2, 0) is 17.8 Å². The molecule has 3 rings (SSSR count). The highest BCUT2D eigenvalue weighted by molar-refractivity contribution is 5.76. The van der Waals surface area contributed by atoms with E-state index in [1.165, 1.54) is 11.1 Å². The second-order valence-electron chi connectivity index (χ2n) is 6.94. The van der Waals surface area contributed by atoms with E-state index >= 15 is 0 Å². The summed E-state index contributed by atoms with van der Waals surface area (Å²) in [7, 11) is 0. The van der Waals surface area contributed by atoms with Crippen molar-refractivity contribution in [2.24, 2.45) is 0 Å². The minimum absolute atomic E-state index is 0.150. The van der Waals surface area contributed by atoms with Crippen molar-refractivity contribution in [3.8, 4) is 0 Å². The standard InChI is InChI=1S/C22H29N3O/c26-22(12-11-20-7-3-1-4-8-20)23-13-14-24-15-17-25(18-16-24)19-21-9-5-2-6-10-21/h1-10H,11-19H2,(H,23,26). The molecule has 1 amide bonds. The molecule has 0 bridgehead atoms. The third kappa shape index (κ3) is 6.28. The molecule has 26 heavy (non-hydrogen) atoms. The number of amides is 1. The van der Waals surface area contributed by atoms with Gasteiger partial charge in [0.1, 0.15) is 0 Å². The fourth-order valence-electron chi connectivity index (χ4n) is 3.36. The van der Waals surface area contributed by atoms with Gasteiger partial charge in [0.2, 0.25) is 5.91 Å². The van der Waals surface area contributed by atoms with Crippen LogP contribution >= 0.6 is 0 Å². The topological polar surface area (TPSA) is 35.6 Å². The Kier molecular flexibility index (Phi) is 7.23. The summed E-state index contributed by atoms with van der Waals surface area (Å²) >= 11 is 0. The summed E-state index contributed by atoms with van der Waals surface area (Å²) in [5.74, 6) is 0.150. The minimum atomic E-state index is 0.150. The van der Waals surface area contributed by atoms with Gasteiger partial charge in [0.25, 0.3) is 0 Å². The van der Waals surface area contributed by atoms with E-state index in [1.54, 1.807) is 0 Å². The quantitative estimate of drug-likeness (QED) is 0.794. The molecule has 0 atom stereocenters. The molecule has 0 radical (unpaired) electrons. The highest BCUT2D eigenvalue weighted by Gasteiger charge is 2.16. The number of carbonyl (C=O) groups excluding carboxylic acids is 1. The number of rotatable bonds is 8. The van der Waals surface area contributed by atoms with Gasteiger partial charge in [0.05, 0.1) is 0 Å². The zero-order valence-corrected chi connectivity index (χ0v) is 15.4. The molecule has 1 aliphatic heterocycles. The fraction of sp³-hybridized carbons (Fsp3) is 0.409. The van der Waals surface area contributed by atoms with Crippen molar-refractivity contribution in [1.82, 2.24) is 15.1 Å². The van der Waals surface area contributed by atoms with Gasteiger partial charge in [-0.1, -0.05) is 60.7 Å². The highest BCUT2D eigenvalue weighted by atomic mass is 16.1. The molecule has 1 aliphatic rings. The summed E-state index contributed by atoms with van der Waals surface area (Å²) in [5, 5.41) is 3.06. The molecule has 1 fully saturated rings. The number of aryl methyl sites for hydroxylation is 1. The SMILES string of the molecule is O=C(CCc1ccccc1)NCCN1CCN(Cc2ccccc2)CC1. The summed E-state index contributed by atoms with van der Waals surface area (Å²) in [4.78, 5) is 16.9. The lowest BCUT2D eigenvalue weighted by Gasteiger charge is -2.34. The second kappa shape index (κ2) is 10.1. The van der Waals surface area contributed by atoms with Gasteiger partial charge >= 0.3 is 0 Å². The largest absolute Gasteiger partial charge is 0.355 e. The van der Waals surface area contributed by atoms with E-state index < -0.39 is 0 Å². The van der Waals surface area contributed by atoms with Crippen molar-refractivity contribution >= 4 is 5.91 Å². The van der Waals surface area contributed by atoms with Crippen molar-refractivity contribution in [1.29, 1.82) is 0 Å². The Morgan fingerprint density at radius 3 is 2.04 bits per heavy atom. The molecule has 0 aromatic heterocycles. The lowest BCUT2D eigenvalue weighted by Crippen LogP contribution is -2.48. The molecule has 0 saturated carbocycles. The Morgan fingerprint density at radius 1 is 0.808 bits per heavy atom. The van der Waals surface area contributed by atoms with Gasteiger partial charge in [0, 0.05) is 52.2 Å². The van der Waals surface area contributed by atoms with E-state index in [9.17, 15) is 4.79 Å². The van der Waals surface area contributed by atoms with Crippen LogP contribution < -0.4 is 5.32 Å². The molecule has 2 aromatic carbocycles. The number of benzene rings is 2. The molecule has 0 aliphatic carbocycles. The van der Waals surface area contributed by atoms with Crippen molar-refractivity contribution in [2.45, 2.75) is 19.4 Å². The summed E-state index contributed by atoms with van der Waals surface area (Å²) in [6, 6.07) is 20.8. The van der Waals surface area contributed by atoms with E-state index in [1.807, 2.05) is 18.2 Å². The molecule has 138 valence electrons. The van der Waals surface area contributed by atoms with Crippen molar-refractivity contribution in [3.05, 3.63) is 71.8 Å². The van der Waals surface area contributed by atoms with E-state index in [0.29, 0.717) is 6.42 Å². The molecule has 1 heterocycles. The number of nitrogens with zero attached hydrogens (tertiary/aromatic N) is 2. The molecular formula is C22H29N3O. The first-order valence-electron chi connectivity index (χ1n) is 9.59. The van der Waals surface area contributed by atoms with Crippen LogP contribution in [0.4, 0.5) is 0 Å². The van der Waals surface area contributed by atoms with Crippen LogP contribution in [-0.4, -0.2) is 55.0 Å². The maximum Gasteiger partial charge on any atom is 0.220 e. The first kappa shape index (κ1) is 18.6. The third-order valence-electron chi connectivity index (χ3n) is 4.95. The Hall–Kier alpha value is -2.17. The number of hydrogen-bond donors (Lipinski definition) is 1. The van der Waals surface area contributed by atoms with Crippen molar-refractivity contribution < 1.29 is 4.79 Å². The zero-order valence-electron chi connectivity index (χ0n) is 15.4. The van der Waals surface area contributed by atoms with Crippen LogP contribution in [0.2, 0.25) is 0 Å². The minimum Gasteiger partial charge on any atom is -0.355 e. The summed E-state index contributed by atoms with van der Waals surface area (Å²) in [6.07, 6.45) is 1.37. The van der Waals surface area contributed by atoms with Crippen LogP contribution in [0.1, 0.15) is 17.5 Å². The van der Waals surface area contributed by atoms with Gasteiger partial charge in [-0.05, 0) is 17.5 Å². The van der Waals surface area contributed by atoms with E-state index in [4.69, 9.17) is 0 Å². The number of nitrogens with one attached hydrogen (secondary N) is 1. The van der Waals surface area contributed by atoms with Gasteiger partial charge < -0.3 is 5.32 Å². The van der Waals surface area contributed by atoms with Crippen molar-refractivity contribution in [2.75, 3.05) is 39.3 Å². The maximum atomic E-state index is 12.0. The summed E-state index contributed by atoms with van der Waals surface area (Å²) < 4.78 is 0. The van der Waals surface area contributed by atoms with E-state index in [-0.39, 0.29) is 5.91 Å². The second-order valence-corrected chi connectivity index (χ2v) is 6.94. The van der Waals surface area contributed by atoms with Gasteiger partial charge in [0.15, 0.2) is 0 Å². The third-order valence-corrected chi connectivity index (χ3v) is 4.95. The molecule has 2 aromatic rings. The number of piperazine rings is 1.